The van der Waals surface area contributed by atoms with Crippen LogP contribution in [-0.2, 0) is 6.18 Å². The Morgan fingerprint density at radius 1 is 1.20 bits per heavy atom. The van der Waals surface area contributed by atoms with E-state index in [0.717, 1.165) is 18.5 Å². The topological polar surface area (TPSA) is 30.0 Å². The van der Waals surface area contributed by atoms with E-state index in [1.54, 1.807) is 6.07 Å². The highest BCUT2D eigenvalue weighted by Crippen LogP contribution is 2.33. The van der Waals surface area contributed by atoms with Gasteiger partial charge in [-0.15, -0.1) is 0 Å². The molecule has 104 valence electrons. The van der Waals surface area contributed by atoms with Crippen LogP contribution in [0.1, 0.15) is 21.5 Å². The molecule has 0 atom stereocenters. The maximum Gasteiger partial charge on any atom is 0.417 e. The molecule has 0 saturated heterocycles. The van der Waals surface area contributed by atoms with Crippen molar-refractivity contribution in [2.75, 3.05) is 0 Å². The maximum absolute atomic E-state index is 12.9. The molecule has 1 aromatic heterocycles. The number of hydrogen-bond donors (Lipinski definition) is 0. The molecule has 1 aromatic carbocycles. The van der Waals surface area contributed by atoms with Crippen molar-refractivity contribution in [3.63, 3.8) is 0 Å². The smallest absolute Gasteiger partial charge is 0.288 e. The standard InChI is InChI=1S/C13H6BrClF3NO/c14-7-1-2-11(15)8(5-7)12(20)9-6-19-4-3-10(9)13(16,17)18/h1-6H. The fourth-order valence-corrected chi connectivity index (χ4v) is 2.20. The van der Waals surface area contributed by atoms with Crippen molar-refractivity contribution in [2.24, 2.45) is 0 Å². The molecular formula is C13H6BrClF3NO. The number of pyridine rings is 1. The van der Waals surface area contributed by atoms with E-state index in [-0.39, 0.29) is 10.6 Å². The molecule has 0 fully saturated rings. The van der Waals surface area contributed by atoms with Gasteiger partial charge in [-0.1, -0.05) is 27.5 Å². The molecule has 0 saturated carbocycles. The van der Waals surface area contributed by atoms with Crippen molar-refractivity contribution >= 4 is 33.3 Å². The van der Waals surface area contributed by atoms with Gasteiger partial charge in [-0.3, -0.25) is 9.78 Å². The lowest BCUT2D eigenvalue weighted by Gasteiger charge is -2.12. The quantitative estimate of drug-likeness (QED) is 0.720. The summed E-state index contributed by atoms with van der Waals surface area (Å²) in [4.78, 5) is 15.8. The second-order valence-corrected chi connectivity index (χ2v) is 5.20. The van der Waals surface area contributed by atoms with Gasteiger partial charge in [-0.25, -0.2) is 0 Å². The van der Waals surface area contributed by atoms with Crippen LogP contribution in [-0.4, -0.2) is 10.8 Å². The third kappa shape index (κ3) is 3.02. The number of benzene rings is 1. The number of rotatable bonds is 2. The summed E-state index contributed by atoms with van der Waals surface area (Å²) in [6.07, 6.45) is -2.75. The van der Waals surface area contributed by atoms with Crippen LogP contribution in [0.2, 0.25) is 5.02 Å². The zero-order valence-corrected chi connectivity index (χ0v) is 12.1. The molecule has 0 unspecified atom stereocenters. The SMILES string of the molecule is O=C(c1cc(Br)ccc1Cl)c1cnccc1C(F)(F)F. The summed E-state index contributed by atoms with van der Waals surface area (Å²) in [6.45, 7) is 0. The van der Waals surface area contributed by atoms with Crippen LogP contribution >= 0.6 is 27.5 Å². The van der Waals surface area contributed by atoms with Crippen LogP contribution < -0.4 is 0 Å². The first kappa shape index (κ1) is 15.0. The number of alkyl halides is 3. The molecular weight excluding hydrogens is 359 g/mol. The second kappa shape index (κ2) is 5.54. The maximum atomic E-state index is 12.9. The summed E-state index contributed by atoms with van der Waals surface area (Å²) in [5.41, 5.74) is -1.58. The highest BCUT2D eigenvalue weighted by atomic mass is 79.9. The fraction of sp³-hybridized carbons (Fsp3) is 0.0769. The third-order valence-corrected chi connectivity index (χ3v) is 3.37. The molecule has 20 heavy (non-hydrogen) atoms. The lowest BCUT2D eigenvalue weighted by atomic mass is 10.00. The average molecular weight is 365 g/mol. The molecule has 0 aliphatic heterocycles. The fourth-order valence-electron chi connectivity index (χ4n) is 1.64. The van der Waals surface area contributed by atoms with Crippen LogP contribution in [0.4, 0.5) is 13.2 Å². The number of carbonyl (C=O) groups excluding carboxylic acids is 1. The van der Waals surface area contributed by atoms with Crippen LogP contribution in [0.15, 0.2) is 41.1 Å². The molecule has 0 aliphatic carbocycles. The van der Waals surface area contributed by atoms with Crippen LogP contribution in [0.25, 0.3) is 0 Å². The first-order valence-electron chi connectivity index (χ1n) is 5.31. The number of halogens is 5. The Bertz CT molecular complexity index is 673. The van der Waals surface area contributed by atoms with Gasteiger partial charge in [-0.05, 0) is 24.3 Å². The average Bonchev–Trinajstić information content (AvgIpc) is 2.40. The van der Waals surface area contributed by atoms with Crippen molar-refractivity contribution < 1.29 is 18.0 Å². The molecule has 0 radical (unpaired) electrons. The van der Waals surface area contributed by atoms with Gasteiger partial charge in [0, 0.05) is 22.4 Å². The summed E-state index contributed by atoms with van der Waals surface area (Å²) in [6, 6.07) is 5.16. The van der Waals surface area contributed by atoms with Gasteiger partial charge in [0.25, 0.3) is 0 Å². The second-order valence-electron chi connectivity index (χ2n) is 3.87. The van der Waals surface area contributed by atoms with Crippen LogP contribution in [0, 0.1) is 0 Å². The van der Waals surface area contributed by atoms with Crippen molar-refractivity contribution in [3.05, 3.63) is 62.8 Å². The van der Waals surface area contributed by atoms with E-state index >= 15 is 0 Å². The number of nitrogens with zero attached hydrogens (tertiary/aromatic N) is 1. The minimum atomic E-state index is -4.63. The van der Waals surface area contributed by atoms with Crippen LogP contribution in [0.5, 0.6) is 0 Å². The van der Waals surface area contributed by atoms with E-state index in [0.29, 0.717) is 4.47 Å². The normalized spacial score (nSPS) is 11.4. The minimum Gasteiger partial charge on any atom is -0.288 e. The summed E-state index contributed by atoms with van der Waals surface area (Å²) in [5.74, 6) is -0.822. The highest BCUT2D eigenvalue weighted by Gasteiger charge is 2.35. The Kier molecular flexibility index (Phi) is 4.15. The van der Waals surface area contributed by atoms with Crippen molar-refractivity contribution in [3.8, 4) is 0 Å². The molecule has 0 amide bonds. The number of ketones is 1. The zero-order chi connectivity index (χ0) is 14.9. The molecule has 7 heteroatoms. The summed E-state index contributed by atoms with van der Waals surface area (Å²) in [5, 5.41) is 0.0789. The minimum absolute atomic E-state index is 0.0143. The molecule has 2 rings (SSSR count). The summed E-state index contributed by atoms with van der Waals surface area (Å²) < 4.78 is 39.2. The Balaban J connectivity index is 2.57. The Hall–Kier alpha value is -1.40. The summed E-state index contributed by atoms with van der Waals surface area (Å²) in [7, 11) is 0. The predicted octanol–water partition coefficient (Wildman–Crippen LogP) is 4.75. The predicted molar refractivity (Wildman–Crippen MR) is 71.8 cm³/mol. The number of hydrogen-bond acceptors (Lipinski definition) is 2. The largest absolute Gasteiger partial charge is 0.417 e. The molecule has 0 N–H and O–H groups in total. The van der Waals surface area contributed by atoms with Gasteiger partial charge in [-0.2, -0.15) is 13.2 Å². The number of aromatic nitrogens is 1. The van der Waals surface area contributed by atoms with E-state index < -0.39 is 23.1 Å². The van der Waals surface area contributed by atoms with E-state index in [4.69, 9.17) is 11.6 Å². The van der Waals surface area contributed by atoms with Crippen molar-refractivity contribution in [2.45, 2.75) is 6.18 Å². The summed E-state index contributed by atoms with van der Waals surface area (Å²) >= 11 is 9.01. The first-order chi connectivity index (χ1) is 9.30. The molecule has 0 spiro atoms. The van der Waals surface area contributed by atoms with Gasteiger partial charge in [0.05, 0.1) is 16.1 Å². The van der Waals surface area contributed by atoms with Gasteiger partial charge in [0.2, 0.25) is 0 Å². The zero-order valence-electron chi connectivity index (χ0n) is 9.71. The lowest BCUT2D eigenvalue weighted by molar-refractivity contribution is -0.137. The number of carbonyl (C=O) groups is 1. The Labute approximate surface area is 125 Å². The molecule has 1 heterocycles. The molecule has 0 aliphatic rings. The Morgan fingerprint density at radius 2 is 1.90 bits per heavy atom. The molecule has 2 nitrogen and oxygen atoms in total. The monoisotopic (exact) mass is 363 g/mol. The van der Waals surface area contributed by atoms with Gasteiger partial charge in [0.15, 0.2) is 5.78 Å². The van der Waals surface area contributed by atoms with Crippen LogP contribution in [0.3, 0.4) is 0 Å². The Morgan fingerprint density at radius 3 is 2.55 bits per heavy atom. The van der Waals surface area contributed by atoms with E-state index in [2.05, 4.69) is 20.9 Å². The van der Waals surface area contributed by atoms with Gasteiger partial charge in [0.1, 0.15) is 0 Å². The molecule has 2 aromatic rings. The van der Waals surface area contributed by atoms with Gasteiger partial charge < -0.3 is 0 Å². The van der Waals surface area contributed by atoms with Crippen molar-refractivity contribution in [1.29, 1.82) is 0 Å². The molecule has 0 bridgehead atoms. The lowest BCUT2D eigenvalue weighted by Crippen LogP contribution is -2.14. The third-order valence-electron chi connectivity index (χ3n) is 2.54. The van der Waals surface area contributed by atoms with E-state index in [1.807, 2.05) is 0 Å². The van der Waals surface area contributed by atoms with E-state index in [1.165, 1.54) is 12.1 Å². The first-order valence-corrected chi connectivity index (χ1v) is 6.49. The highest BCUT2D eigenvalue weighted by molar-refractivity contribution is 9.10. The van der Waals surface area contributed by atoms with Gasteiger partial charge >= 0.3 is 6.18 Å². The van der Waals surface area contributed by atoms with Crippen molar-refractivity contribution in [1.82, 2.24) is 4.98 Å². The van der Waals surface area contributed by atoms with E-state index in [9.17, 15) is 18.0 Å².